The third-order valence-electron chi connectivity index (χ3n) is 0.664. The minimum Gasteiger partial charge on any atom is -0.356 e. The molecule has 0 aromatic heterocycles. The van der Waals surface area contributed by atoms with Crippen LogP contribution < -0.4 is 0 Å². The van der Waals surface area contributed by atoms with Gasteiger partial charge in [-0.3, -0.25) is 0 Å². The van der Waals surface area contributed by atoms with E-state index in [1.165, 1.54) is 0 Å². The zero-order valence-corrected chi connectivity index (χ0v) is 7.97. The maximum absolute atomic E-state index is 4.68. The summed E-state index contributed by atoms with van der Waals surface area (Å²) in [4.78, 5) is 0. The van der Waals surface area contributed by atoms with E-state index in [0.29, 0.717) is 0 Å². The Labute approximate surface area is 71.9 Å². The third-order valence-corrected chi connectivity index (χ3v) is 0.664. The van der Waals surface area contributed by atoms with Gasteiger partial charge in [-0.1, -0.05) is 28.2 Å². The Morgan fingerprint density at radius 2 is 1.00 bits per heavy atom. The van der Waals surface area contributed by atoms with E-state index in [1.807, 2.05) is 6.92 Å². The van der Waals surface area contributed by atoms with Crippen LogP contribution in [-0.2, 0) is 9.47 Å². The molecule has 0 saturated carbocycles. The normalized spacial score (nSPS) is 8.73. The lowest BCUT2D eigenvalue weighted by molar-refractivity contribution is -0.0877. The Hall–Kier alpha value is -0.0800. The molecule has 0 spiro atoms. The molecule has 0 atom stereocenters. The van der Waals surface area contributed by atoms with Gasteiger partial charge in [0.05, 0.1) is 0 Å². The van der Waals surface area contributed by atoms with Crippen molar-refractivity contribution in [3.8, 4) is 0 Å². The van der Waals surface area contributed by atoms with E-state index >= 15 is 0 Å². The highest BCUT2D eigenvalue weighted by atomic mass is 16.7. The van der Waals surface area contributed by atoms with Gasteiger partial charge in [0.2, 0.25) is 0 Å². The maximum Gasteiger partial charge on any atom is 0.154 e. The van der Waals surface area contributed by atoms with Crippen LogP contribution in [0.25, 0.3) is 0 Å². The molecule has 0 bridgehead atoms. The highest BCUT2D eigenvalue weighted by Crippen LogP contribution is 1.83. The molecular formula is C9H24O2. The minimum atomic E-state index is -0.0648. The average Bonchev–Trinajstić information content (AvgIpc) is 1.85. The van der Waals surface area contributed by atoms with Crippen molar-refractivity contribution in [1.82, 2.24) is 0 Å². The first kappa shape index (κ1) is 17.1. The van der Waals surface area contributed by atoms with Crippen molar-refractivity contribution in [3.63, 3.8) is 0 Å². The van der Waals surface area contributed by atoms with Crippen LogP contribution in [0.15, 0.2) is 0 Å². The molecule has 72 valence electrons. The van der Waals surface area contributed by atoms with E-state index in [2.05, 4.69) is 30.2 Å². The highest BCUT2D eigenvalue weighted by Gasteiger charge is 1.87. The third kappa shape index (κ3) is 40.5. The molecule has 0 aliphatic heterocycles. The first-order valence-electron chi connectivity index (χ1n) is 3.60. The molecule has 0 N–H and O–H groups in total. The Morgan fingerprint density at radius 3 is 1.00 bits per heavy atom. The lowest BCUT2D eigenvalue weighted by Gasteiger charge is -2.03. The fourth-order valence-corrected chi connectivity index (χ4v) is 0.0962. The number of hydrogen-bond acceptors (Lipinski definition) is 2. The molecule has 0 aliphatic rings. The lowest BCUT2D eigenvalue weighted by Crippen LogP contribution is -2.05. The molecule has 11 heavy (non-hydrogen) atoms. The Bertz CT molecular complexity index is 46.8. The molecule has 0 saturated heterocycles. The zero-order chi connectivity index (χ0) is 8.57. The van der Waals surface area contributed by atoms with Crippen molar-refractivity contribution in [3.05, 3.63) is 0 Å². The molecule has 2 nitrogen and oxygen atoms in total. The summed E-state index contributed by atoms with van der Waals surface area (Å²) < 4.78 is 9.35. The van der Waals surface area contributed by atoms with Gasteiger partial charge in [0.1, 0.15) is 0 Å². The molecule has 0 amide bonds. The van der Waals surface area contributed by atoms with Gasteiger partial charge in [-0.25, -0.2) is 0 Å². The van der Waals surface area contributed by atoms with Crippen LogP contribution in [0, 0.1) is 5.92 Å². The Morgan fingerprint density at radius 1 is 0.818 bits per heavy atom. The smallest absolute Gasteiger partial charge is 0.154 e. The monoisotopic (exact) mass is 164 g/mol. The molecule has 0 aromatic carbocycles. The predicted octanol–water partition coefficient (Wildman–Crippen LogP) is 2.92. The van der Waals surface area contributed by atoms with Gasteiger partial charge in [-0.05, 0) is 12.8 Å². The van der Waals surface area contributed by atoms with Crippen LogP contribution in [0.4, 0.5) is 0 Å². The largest absolute Gasteiger partial charge is 0.356 e. The van der Waals surface area contributed by atoms with Crippen LogP contribution in [0.2, 0.25) is 0 Å². The van der Waals surface area contributed by atoms with Crippen molar-refractivity contribution >= 4 is 0 Å². The van der Waals surface area contributed by atoms with E-state index < -0.39 is 0 Å². The second-order valence-corrected chi connectivity index (χ2v) is 2.77. The van der Waals surface area contributed by atoms with Crippen molar-refractivity contribution in [2.45, 2.75) is 41.4 Å². The van der Waals surface area contributed by atoms with Crippen LogP contribution in [0.1, 0.15) is 35.1 Å². The summed E-state index contributed by atoms with van der Waals surface area (Å²) >= 11 is 0. The summed E-state index contributed by atoms with van der Waals surface area (Å²) in [6.45, 7) is 8.33. The average molecular weight is 164 g/mol. The molecule has 0 radical (unpaired) electrons. The Balaban J connectivity index is -0.000000114. The van der Waals surface area contributed by atoms with Crippen molar-refractivity contribution < 1.29 is 9.47 Å². The molecule has 2 heteroatoms. The van der Waals surface area contributed by atoms with Gasteiger partial charge >= 0.3 is 0 Å². The predicted molar refractivity (Wildman–Crippen MR) is 50.7 cm³/mol. The van der Waals surface area contributed by atoms with E-state index in [-0.39, 0.29) is 13.7 Å². The molecule has 0 unspecified atom stereocenters. The number of methoxy groups -OCH3 is 2. The molecule has 0 aliphatic carbocycles. The first-order valence-corrected chi connectivity index (χ1v) is 3.60. The SMILES string of the molecule is C.CC(C)C.COC(C)OC. The summed E-state index contributed by atoms with van der Waals surface area (Å²) in [5, 5.41) is 0. The lowest BCUT2D eigenvalue weighted by atomic mass is 10.3. The second kappa shape index (κ2) is 12.6. The summed E-state index contributed by atoms with van der Waals surface area (Å²) in [7, 11) is 3.21. The summed E-state index contributed by atoms with van der Waals surface area (Å²) in [6, 6.07) is 0. The van der Waals surface area contributed by atoms with Crippen molar-refractivity contribution in [1.29, 1.82) is 0 Å². The summed E-state index contributed by atoms with van der Waals surface area (Å²) in [5.41, 5.74) is 0. The van der Waals surface area contributed by atoms with Crippen molar-refractivity contribution in [2.75, 3.05) is 14.2 Å². The Kier molecular flexibility index (Phi) is 19.6. The van der Waals surface area contributed by atoms with Gasteiger partial charge in [0.15, 0.2) is 6.29 Å². The number of hydrogen-bond donors (Lipinski definition) is 0. The fourth-order valence-electron chi connectivity index (χ4n) is 0.0962. The van der Waals surface area contributed by atoms with E-state index in [1.54, 1.807) is 14.2 Å². The minimum absolute atomic E-state index is 0. The zero-order valence-electron chi connectivity index (χ0n) is 7.97. The number of ether oxygens (including phenoxy) is 2. The maximum atomic E-state index is 4.68. The van der Waals surface area contributed by atoms with Gasteiger partial charge in [0, 0.05) is 14.2 Å². The fraction of sp³-hybridized carbons (Fsp3) is 1.00. The highest BCUT2D eigenvalue weighted by molar-refractivity contribution is 4.20. The second-order valence-electron chi connectivity index (χ2n) is 2.77. The quantitative estimate of drug-likeness (QED) is 0.584. The van der Waals surface area contributed by atoms with Crippen LogP contribution in [0.5, 0.6) is 0 Å². The van der Waals surface area contributed by atoms with E-state index in [9.17, 15) is 0 Å². The van der Waals surface area contributed by atoms with E-state index in [0.717, 1.165) is 5.92 Å². The molecule has 0 rings (SSSR count). The standard InChI is InChI=1S/C4H10O2.C4H10.CH4/c1-4(5-2)6-3;1-4(2)3;/h4H,1-3H3;4H,1-3H3;1H4. The molecule has 0 fully saturated rings. The number of rotatable bonds is 2. The molecular weight excluding hydrogens is 140 g/mol. The summed E-state index contributed by atoms with van der Waals surface area (Å²) in [6.07, 6.45) is -0.0648. The van der Waals surface area contributed by atoms with Gasteiger partial charge in [0.25, 0.3) is 0 Å². The van der Waals surface area contributed by atoms with Gasteiger partial charge in [-0.15, -0.1) is 0 Å². The van der Waals surface area contributed by atoms with E-state index in [4.69, 9.17) is 0 Å². The van der Waals surface area contributed by atoms with Crippen LogP contribution in [0.3, 0.4) is 0 Å². The van der Waals surface area contributed by atoms with Crippen LogP contribution >= 0.6 is 0 Å². The van der Waals surface area contributed by atoms with Crippen molar-refractivity contribution in [2.24, 2.45) is 5.92 Å². The molecule has 0 aromatic rings. The summed E-state index contributed by atoms with van der Waals surface area (Å²) in [5.74, 6) is 0.833. The molecule has 0 heterocycles. The van der Waals surface area contributed by atoms with Crippen LogP contribution in [-0.4, -0.2) is 20.5 Å². The topological polar surface area (TPSA) is 18.5 Å². The van der Waals surface area contributed by atoms with Gasteiger partial charge in [-0.2, -0.15) is 0 Å². The first-order chi connectivity index (χ1) is 4.54. The van der Waals surface area contributed by atoms with Gasteiger partial charge < -0.3 is 9.47 Å².